The van der Waals surface area contributed by atoms with E-state index in [0.717, 1.165) is 10.9 Å². The number of nitrogens with zero attached hydrogens (tertiary/aromatic N) is 1. The van der Waals surface area contributed by atoms with Gasteiger partial charge in [0.15, 0.2) is 5.78 Å². The van der Waals surface area contributed by atoms with Gasteiger partial charge in [-0.25, -0.2) is 9.59 Å². The number of fused-ring (bicyclic) bond motifs is 5. The molecule has 0 saturated carbocycles. The number of hydrogen-bond acceptors (Lipinski definition) is 5. The minimum atomic E-state index is -2.09. The molecule has 36 heavy (non-hydrogen) atoms. The number of para-hydroxylation sites is 1. The van der Waals surface area contributed by atoms with Gasteiger partial charge in [-0.15, -0.1) is 0 Å². The van der Waals surface area contributed by atoms with Crippen LogP contribution in [0.15, 0.2) is 58.8 Å². The van der Waals surface area contributed by atoms with Gasteiger partial charge in [0.25, 0.3) is 0 Å². The number of nitrogens with one attached hydrogen (secondary N) is 1. The Morgan fingerprint density at radius 3 is 2.44 bits per heavy atom. The molecule has 2 aromatic carbocycles. The Hall–Kier alpha value is -3.75. The summed E-state index contributed by atoms with van der Waals surface area (Å²) in [4.78, 5) is 44.2. The van der Waals surface area contributed by atoms with E-state index in [-0.39, 0.29) is 44.7 Å². The van der Waals surface area contributed by atoms with Crippen LogP contribution in [-0.2, 0) is 21.5 Å². The van der Waals surface area contributed by atoms with Crippen molar-refractivity contribution >= 4 is 51.8 Å². The molecule has 3 aromatic rings. The summed E-state index contributed by atoms with van der Waals surface area (Å²) in [5.41, 5.74) is -0.885. The van der Waals surface area contributed by atoms with E-state index < -0.39 is 34.6 Å². The number of aromatic hydroxyl groups is 1. The number of phenolic OH excluding ortho intramolecular Hbond substituents is 1. The van der Waals surface area contributed by atoms with E-state index in [0.29, 0.717) is 11.9 Å². The van der Waals surface area contributed by atoms with Gasteiger partial charge < -0.3 is 25.2 Å². The minimum Gasteiger partial charge on any atom is -0.506 e. The van der Waals surface area contributed by atoms with E-state index in [2.05, 4.69) is 4.98 Å². The topological polar surface area (TPSA) is 131 Å². The lowest BCUT2D eigenvalue weighted by molar-refractivity contribution is -0.153. The molecule has 2 aliphatic rings. The van der Waals surface area contributed by atoms with Crippen molar-refractivity contribution in [1.29, 1.82) is 0 Å². The molecule has 8 nitrogen and oxygen atoms in total. The highest BCUT2D eigenvalue weighted by molar-refractivity contribution is 6.37. The number of ketones is 1. The summed E-state index contributed by atoms with van der Waals surface area (Å²) < 4.78 is 0. The fourth-order valence-corrected chi connectivity index (χ4v) is 6.12. The normalized spacial score (nSPS) is 19.4. The number of aromatic nitrogens is 1. The Bertz CT molecular complexity index is 1580. The van der Waals surface area contributed by atoms with Crippen LogP contribution in [0.3, 0.4) is 0 Å². The van der Waals surface area contributed by atoms with Crippen LogP contribution in [0.2, 0.25) is 10.0 Å². The number of carboxylic acids is 2. The molecule has 2 aliphatic heterocycles. The monoisotopic (exact) mass is 526 g/mol. The number of benzene rings is 2. The molecule has 0 amide bonds. The van der Waals surface area contributed by atoms with Crippen LogP contribution >= 0.6 is 23.2 Å². The fraction of sp³-hybridized carbons (Fsp3) is 0.192. The van der Waals surface area contributed by atoms with Crippen molar-refractivity contribution in [2.75, 3.05) is 6.54 Å². The lowest BCUT2D eigenvalue weighted by Gasteiger charge is -2.49. The molecule has 5 rings (SSSR count). The van der Waals surface area contributed by atoms with Crippen molar-refractivity contribution in [2.24, 2.45) is 0 Å². The largest absolute Gasteiger partial charge is 0.506 e. The number of halogens is 2. The van der Waals surface area contributed by atoms with Gasteiger partial charge >= 0.3 is 11.9 Å². The zero-order valence-electron chi connectivity index (χ0n) is 19.1. The van der Waals surface area contributed by atoms with Crippen molar-refractivity contribution in [1.82, 2.24) is 9.88 Å². The Balaban J connectivity index is 1.83. The first-order chi connectivity index (χ1) is 17.0. The van der Waals surface area contributed by atoms with Gasteiger partial charge in [0.1, 0.15) is 5.75 Å². The number of hydrogen-bond donors (Lipinski definition) is 4. The van der Waals surface area contributed by atoms with Gasteiger partial charge in [0, 0.05) is 33.7 Å². The SMILES string of the molecule is CC1=C(C(=O)O)C2(C(=O)O)c3[nH]c4ccccc4c3CCN2C(C)=C1C(=O)c1cc(Cl)cc(Cl)c1O. The molecule has 0 fully saturated rings. The van der Waals surface area contributed by atoms with Crippen molar-refractivity contribution in [3.8, 4) is 5.75 Å². The summed E-state index contributed by atoms with van der Waals surface area (Å²) >= 11 is 12.1. The lowest BCUT2D eigenvalue weighted by Crippen LogP contribution is -2.59. The fourth-order valence-electron chi connectivity index (χ4n) is 5.63. The number of allylic oxidation sites excluding steroid dienone is 3. The quantitative estimate of drug-likeness (QED) is 0.356. The Morgan fingerprint density at radius 1 is 1.08 bits per heavy atom. The Morgan fingerprint density at radius 2 is 1.78 bits per heavy atom. The average Bonchev–Trinajstić information content (AvgIpc) is 3.20. The number of carbonyl (C=O) groups excluding carboxylic acids is 1. The van der Waals surface area contributed by atoms with Crippen molar-refractivity contribution in [3.63, 3.8) is 0 Å². The van der Waals surface area contributed by atoms with Crippen LogP contribution in [0.5, 0.6) is 5.75 Å². The van der Waals surface area contributed by atoms with Crippen LogP contribution in [0, 0.1) is 0 Å². The van der Waals surface area contributed by atoms with Gasteiger partial charge in [-0.05, 0) is 49.6 Å². The summed E-state index contributed by atoms with van der Waals surface area (Å²) in [5.74, 6) is -4.07. The second kappa shape index (κ2) is 8.15. The minimum absolute atomic E-state index is 0.0225. The van der Waals surface area contributed by atoms with Gasteiger partial charge in [-0.1, -0.05) is 41.4 Å². The van der Waals surface area contributed by atoms with Crippen LogP contribution in [-0.4, -0.2) is 49.5 Å². The third-order valence-corrected chi connectivity index (χ3v) is 7.57. The number of Topliss-reactive ketones (excluding diaryl/α,β-unsaturated/α-hetero) is 1. The third kappa shape index (κ3) is 3.04. The molecule has 0 radical (unpaired) electrons. The van der Waals surface area contributed by atoms with Gasteiger partial charge in [-0.2, -0.15) is 0 Å². The van der Waals surface area contributed by atoms with E-state index in [9.17, 15) is 29.7 Å². The highest BCUT2D eigenvalue weighted by atomic mass is 35.5. The smallest absolute Gasteiger partial charge is 0.340 e. The number of H-pyrrole nitrogens is 1. The van der Waals surface area contributed by atoms with Crippen LogP contribution in [0.1, 0.15) is 35.5 Å². The average molecular weight is 527 g/mol. The predicted octanol–water partition coefficient (Wildman–Crippen LogP) is 4.89. The molecule has 1 unspecified atom stereocenters. The van der Waals surface area contributed by atoms with Crippen molar-refractivity contribution in [2.45, 2.75) is 25.8 Å². The van der Waals surface area contributed by atoms with E-state index in [1.165, 1.54) is 24.0 Å². The molecular weight excluding hydrogens is 507 g/mol. The highest BCUT2D eigenvalue weighted by Gasteiger charge is 2.59. The molecule has 0 saturated heterocycles. The molecule has 4 N–H and O–H groups in total. The Kier molecular flexibility index (Phi) is 5.42. The molecule has 0 aliphatic carbocycles. The second-order valence-corrected chi connectivity index (χ2v) is 9.66. The number of rotatable bonds is 4. The molecule has 3 heterocycles. The maximum atomic E-state index is 13.7. The number of carboxylic acid groups (broad SMARTS) is 2. The van der Waals surface area contributed by atoms with E-state index in [1.807, 2.05) is 12.1 Å². The van der Waals surface area contributed by atoms with E-state index in [1.54, 1.807) is 19.1 Å². The maximum Gasteiger partial charge on any atom is 0.340 e. The maximum absolute atomic E-state index is 13.7. The molecule has 0 spiro atoms. The second-order valence-electron chi connectivity index (χ2n) is 8.82. The van der Waals surface area contributed by atoms with Crippen molar-refractivity contribution in [3.05, 3.63) is 85.7 Å². The van der Waals surface area contributed by atoms with Crippen LogP contribution in [0.25, 0.3) is 10.9 Å². The number of aliphatic carboxylic acids is 2. The Labute approximate surface area is 215 Å². The number of aromatic amines is 1. The van der Waals surface area contributed by atoms with Gasteiger partial charge in [0.2, 0.25) is 5.54 Å². The first-order valence-corrected chi connectivity index (χ1v) is 11.8. The third-order valence-electron chi connectivity index (χ3n) is 7.07. The molecule has 0 bridgehead atoms. The molecule has 1 aromatic heterocycles. The summed E-state index contributed by atoms with van der Waals surface area (Å²) in [7, 11) is 0. The lowest BCUT2D eigenvalue weighted by atomic mass is 9.72. The zero-order chi connectivity index (χ0) is 26.1. The summed E-state index contributed by atoms with van der Waals surface area (Å²) in [6.07, 6.45) is 0.424. The van der Waals surface area contributed by atoms with E-state index >= 15 is 0 Å². The zero-order valence-corrected chi connectivity index (χ0v) is 20.7. The van der Waals surface area contributed by atoms with Crippen LogP contribution < -0.4 is 0 Å². The first-order valence-electron chi connectivity index (χ1n) is 11.0. The molecule has 1 atom stereocenters. The summed E-state index contributed by atoms with van der Waals surface area (Å²) in [6, 6.07) is 9.82. The summed E-state index contributed by atoms with van der Waals surface area (Å²) in [5, 5.41) is 32.3. The summed E-state index contributed by atoms with van der Waals surface area (Å²) in [6.45, 7) is 3.13. The predicted molar refractivity (Wildman–Crippen MR) is 134 cm³/mol. The molecule has 10 heteroatoms. The number of phenols is 1. The van der Waals surface area contributed by atoms with Gasteiger partial charge in [0.05, 0.1) is 21.9 Å². The first kappa shape index (κ1) is 24.0. The molecule has 184 valence electrons. The highest BCUT2D eigenvalue weighted by Crippen LogP contribution is 2.51. The number of carbonyl (C=O) groups is 3. The van der Waals surface area contributed by atoms with E-state index in [4.69, 9.17) is 23.2 Å². The standard InChI is InChI=1S/C26H20Cl2N2O6/c1-11-19(22(32)16-9-13(27)10-17(28)21(16)31)12(2)30-8-7-15-14-5-3-4-6-18(14)29-23(15)26(30,25(35)36)20(11)24(33)34/h3-6,9-10,29,31H,7-8H2,1-2H3,(H,33,34)(H,35,36). The van der Waals surface area contributed by atoms with Crippen molar-refractivity contribution < 1.29 is 29.7 Å². The van der Waals surface area contributed by atoms with Crippen LogP contribution in [0.4, 0.5) is 0 Å². The van der Waals surface area contributed by atoms with Gasteiger partial charge in [-0.3, -0.25) is 4.79 Å². The molecular formula is C26H20Cl2N2O6.